The van der Waals surface area contributed by atoms with Crippen molar-refractivity contribution in [1.29, 1.82) is 0 Å². The molecule has 3 aliphatic rings. The van der Waals surface area contributed by atoms with E-state index in [4.69, 9.17) is 0 Å². The number of amides is 1. The van der Waals surface area contributed by atoms with Gasteiger partial charge >= 0.3 is 0 Å². The van der Waals surface area contributed by atoms with Gasteiger partial charge in [0.25, 0.3) is 5.91 Å². The number of anilines is 1. The van der Waals surface area contributed by atoms with Gasteiger partial charge in [0.15, 0.2) is 0 Å². The minimum Gasteiger partial charge on any atom is -0.356 e. The quantitative estimate of drug-likeness (QED) is 0.742. The fourth-order valence-electron chi connectivity index (χ4n) is 5.54. The highest BCUT2D eigenvalue weighted by Crippen LogP contribution is 2.46. The molecule has 1 spiro atoms. The van der Waals surface area contributed by atoms with E-state index in [1.54, 1.807) is 6.20 Å². The second kappa shape index (κ2) is 8.45. The molecule has 158 valence electrons. The van der Waals surface area contributed by atoms with Gasteiger partial charge in [0.1, 0.15) is 11.6 Å². The van der Waals surface area contributed by atoms with Crippen LogP contribution in [0.15, 0.2) is 18.3 Å². The Balaban J connectivity index is 1.37. The summed E-state index contributed by atoms with van der Waals surface area (Å²) in [6.45, 7) is 7.63. The van der Waals surface area contributed by atoms with Gasteiger partial charge in [0.2, 0.25) is 0 Å². The maximum Gasteiger partial charge on any atom is 0.255 e. The van der Waals surface area contributed by atoms with E-state index >= 15 is 0 Å². The number of aromatic nitrogens is 1. The van der Waals surface area contributed by atoms with Crippen molar-refractivity contribution in [3.05, 3.63) is 23.9 Å². The van der Waals surface area contributed by atoms with Gasteiger partial charge in [-0.05, 0) is 55.6 Å². The number of piperidine rings is 1. The van der Waals surface area contributed by atoms with Crippen LogP contribution in [-0.2, 0) is 4.79 Å². The molecule has 0 bridgehead atoms. The third-order valence-corrected chi connectivity index (χ3v) is 7.19. The average Bonchev–Trinajstić information content (AvgIpc) is 3.37. The first kappa shape index (κ1) is 20.4. The molecule has 1 aromatic rings. The molecule has 1 aliphatic carbocycles. The molecular weight excluding hydrogens is 362 g/mol. The van der Waals surface area contributed by atoms with Gasteiger partial charge in [-0.15, -0.1) is 0 Å². The second-order valence-electron chi connectivity index (χ2n) is 9.94. The van der Waals surface area contributed by atoms with E-state index in [0.717, 1.165) is 38.3 Å². The van der Waals surface area contributed by atoms with Crippen LogP contribution in [0, 0.1) is 17.3 Å². The fourth-order valence-corrected chi connectivity index (χ4v) is 5.54. The highest BCUT2D eigenvalue weighted by Gasteiger charge is 2.40. The summed E-state index contributed by atoms with van der Waals surface area (Å²) in [6.07, 6.45) is 10.9. The Hall–Kier alpha value is -1.91. The van der Waals surface area contributed by atoms with Crippen LogP contribution < -0.4 is 4.90 Å². The number of hydrogen-bond donors (Lipinski definition) is 0. The zero-order chi connectivity index (χ0) is 20.4. The minimum atomic E-state index is -0.00506. The van der Waals surface area contributed by atoms with Gasteiger partial charge in [0, 0.05) is 44.7 Å². The van der Waals surface area contributed by atoms with Gasteiger partial charge in [-0.2, -0.15) is 0 Å². The predicted molar refractivity (Wildman–Crippen MR) is 115 cm³/mol. The molecule has 0 N–H and O–H groups in total. The molecule has 2 aliphatic heterocycles. The van der Waals surface area contributed by atoms with Gasteiger partial charge < -0.3 is 9.80 Å². The molecule has 1 atom stereocenters. The van der Waals surface area contributed by atoms with Crippen LogP contribution in [-0.4, -0.2) is 47.8 Å². The molecule has 0 unspecified atom stereocenters. The lowest BCUT2D eigenvalue weighted by Gasteiger charge is -2.32. The number of nitrogens with zero attached hydrogens (tertiary/aromatic N) is 3. The lowest BCUT2D eigenvalue weighted by Crippen LogP contribution is -2.42. The van der Waals surface area contributed by atoms with Crippen LogP contribution >= 0.6 is 0 Å². The van der Waals surface area contributed by atoms with E-state index in [1.165, 1.54) is 32.1 Å². The van der Waals surface area contributed by atoms with Crippen molar-refractivity contribution < 1.29 is 9.59 Å². The number of likely N-dealkylation sites (tertiary alicyclic amines) is 1. The molecule has 3 heterocycles. The summed E-state index contributed by atoms with van der Waals surface area (Å²) in [5.41, 5.74) is 1.15. The Morgan fingerprint density at radius 1 is 1.14 bits per heavy atom. The van der Waals surface area contributed by atoms with Crippen LogP contribution in [0.3, 0.4) is 0 Å². The summed E-state index contributed by atoms with van der Waals surface area (Å²) < 4.78 is 0. The summed E-state index contributed by atoms with van der Waals surface area (Å²) >= 11 is 0. The number of ketones is 1. The Morgan fingerprint density at radius 3 is 2.62 bits per heavy atom. The molecule has 5 nitrogen and oxygen atoms in total. The maximum atomic E-state index is 13.0. The molecular formula is C24H35N3O2. The summed E-state index contributed by atoms with van der Waals surface area (Å²) in [5.74, 6) is 1.68. The smallest absolute Gasteiger partial charge is 0.255 e. The maximum absolute atomic E-state index is 13.0. The summed E-state index contributed by atoms with van der Waals surface area (Å²) in [6, 6.07) is 3.93. The van der Waals surface area contributed by atoms with Crippen molar-refractivity contribution in [2.24, 2.45) is 17.3 Å². The van der Waals surface area contributed by atoms with E-state index in [0.29, 0.717) is 35.6 Å². The van der Waals surface area contributed by atoms with E-state index in [1.807, 2.05) is 17.0 Å². The molecule has 5 heteroatoms. The van der Waals surface area contributed by atoms with Crippen molar-refractivity contribution >= 4 is 17.5 Å². The van der Waals surface area contributed by atoms with E-state index in [-0.39, 0.29) is 11.8 Å². The van der Waals surface area contributed by atoms with E-state index in [2.05, 4.69) is 23.7 Å². The molecule has 1 saturated carbocycles. The van der Waals surface area contributed by atoms with Crippen molar-refractivity contribution in [1.82, 2.24) is 9.88 Å². The minimum absolute atomic E-state index is 0.00506. The highest BCUT2D eigenvalue weighted by molar-refractivity contribution is 5.94. The van der Waals surface area contributed by atoms with Crippen molar-refractivity contribution in [2.45, 2.75) is 65.2 Å². The normalized spacial score (nSPS) is 23.9. The molecule has 0 radical (unpaired) electrons. The SMILES string of the molecule is CC(C)CC(=O)[C@H]1CCCN(C(=O)c2ccc(N3CCC4(CCCC4)C3)nc2)C1. The number of Topliss-reactive ketones (excluding diaryl/α,β-unsaturated/α-hetero) is 1. The lowest BCUT2D eigenvalue weighted by molar-refractivity contribution is -0.124. The zero-order valence-corrected chi connectivity index (χ0v) is 18.0. The number of rotatable bonds is 5. The van der Waals surface area contributed by atoms with Crippen LogP contribution in [0.4, 0.5) is 5.82 Å². The Bertz CT molecular complexity index is 737. The Morgan fingerprint density at radius 2 is 1.93 bits per heavy atom. The first-order valence-electron chi connectivity index (χ1n) is 11.5. The summed E-state index contributed by atoms with van der Waals surface area (Å²) in [4.78, 5) is 34.3. The molecule has 3 fully saturated rings. The van der Waals surface area contributed by atoms with Crippen molar-refractivity contribution in [3.8, 4) is 0 Å². The number of hydrogen-bond acceptors (Lipinski definition) is 4. The molecule has 1 aromatic heterocycles. The monoisotopic (exact) mass is 397 g/mol. The Labute approximate surface area is 174 Å². The van der Waals surface area contributed by atoms with Crippen LogP contribution in [0.2, 0.25) is 0 Å². The van der Waals surface area contributed by atoms with Gasteiger partial charge in [-0.1, -0.05) is 26.7 Å². The first-order valence-corrected chi connectivity index (χ1v) is 11.5. The van der Waals surface area contributed by atoms with Crippen LogP contribution in [0.25, 0.3) is 0 Å². The van der Waals surface area contributed by atoms with E-state index < -0.39 is 0 Å². The zero-order valence-electron chi connectivity index (χ0n) is 18.0. The summed E-state index contributed by atoms with van der Waals surface area (Å²) in [7, 11) is 0. The van der Waals surface area contributed by atoms with Crippen molar-refractivity contribution in [2.75, 3.05) is 31.1 Å². The van der Waals surface area contributed by atoms with Gasteiger partial charge in [-0.25, -0.2) is 4.98 Å². The van der Waals surface area contributed by atoms with Gasteiger partial charge in [-0.3, -0.25) is 9.59 Å². The third kappa shape index (κ3) is 4.49. The largest absolute Gasteiger partial charge is 0.356 e. The van der Waals surface area contributed by atoms with Crippen LogP contribution in [0.5, 0.6) is 0 Å². The second-order valence-corrected chi connectivity index (χ2v) is 9.94. The lowest BCUT2D eigenvalue weighted by atomic mass is 9.86. The van der Waals surface area contributed by atoms with Crippen LogP contribution in [0.1, 0.15) is 75.6 Å². The average molecular weight is 398 g/mol. The molecule has 29 heavy (non-hydrogen) atoms. The first-order chi connectivity index (χ1) is 14.0. The Kier molecular flexibility index (Phi) is 5.93. The van der Waals surface area contributed by atoms with E-state index in [9.17, 15) is 9.59 Å². The van der Waals surface area contributed by atoms with Gasteiger partial charge in [0.05, 0.1) is 5.56 Å². The molecule has 2 saturated heterocycles. The third-order valence-electron chi connectivity index (χ3n) is 7.19. The molecule has 4 rings (SSSR count). The molecule has 1 amide bonds. The van der Waals surface area contributed by atoms with Crippen molar-refractivity contribution in [3.63, 3.8) is 0 Å². The number of pyridine rings is 1. The molecule has 0 aromatic carbocycles. The summed E-state index contributed by atoms with van der Waals surface area (Å²) in [5, 5.41) is 0. The topological polar surface area (TPSA) is 53.5 Å². The predicted octanol–water partition coefficient (Wildman–Crippen LogP) is 4.32. The fraction of sp³-hybridized carbons (Fsp3) is 0.708. The number of carbonyl (C=O) groups excluding carboxylic acids is 2. The number of carbonyl (C=O) groups is 2. The highest BCUT2D eigenvalue weighted by atomic mass is 16.2. The standard InChI is InChI=1S/C24H35N3O2/c1-18(2)14-21(28)20-6-5-12-26(16-20)23(29)19-7-8-22(25-15-19)27-13-11-24(17-27)9-3-4-10-24/h7-8,15,18,20H,3-6,9-14,16-17H2,1-2H3/t20-/m0/s1.